The summed E-state index contributed by atoms with van der Waals surface area (Å²) in [5.74, 6) is -2.50. The number of benzene rings is 2. The topological polar surface area (TPSA) is 231 Å². The molecule has 14 nitrogen and oxygen atoms in total. The van der Waals surface area contributed by atoms with Gasteiger partial charge < -0.3 is 34.4 Å². The van der Waals surface area contributed by atoms with E-state index in [-0.39, 0.29) is 35.7 Å². The Kier molecular flexibility index (Phi) is 15.5. The minimum absolute atomic E-state index is 0.0113. The minimum Gasteiger partial charge on any atom is -0.426 e. The summed E-state index contributed by atoms with van der Waals surface area (Å²) in [5.41, 5.74) is -2.69. The molecule has 0 radical (unpaired) electrons. The van der Waals surface area contributed by atoms with E-state index < -0.39 is 74.1 Å². The van der Waals surface area contributed by atoms with E-state index in [1.54, 1.807) is 71.9 Å². The number of anilines is 1. The monoisotopic (exact) mass is 767 g/mol. The summed E-state index contributed by atoms with van der Waals surface area (Å²) in [5, 5.41) is 2.70. The van der Waals surface area contributed by atoms with Gasteiger partial charge in [0.1, 0.15) is 5.75 Å². The average Bonchev–Trinajstić information content (AvgIpc) is 3.01. The average molecular weight is 768 g/mol. The molecule has 0 fully saturated rings. The maximum Gasteiger partial charge on any atom is 0.391 e. The van der Waals surface area contributed by atoms with Crippen molar-refractivity contribution in [2.75, 3.05) is 5.32 Å². The fourth-order valence-electron chi connectivity index (χ4n) is 5.32. The zero-order chi connectivity index (χ0) is 39.8. The third-order valence-corrected chi connectivity index (χ3v) is 10.0. The minimum atomic E-state index is -5.21. The van der Waals surface area contributed by atoms with E-state index in [0.29, 0.717) is 12.2 Å². The summed E-state index contributed by atoms with van der Waals surface area (Å²) in [7, 11) is -10.4. The van der Waals surface area contributed by atoms with E-state index in [4.69, 9.17) is 9.47 Å². The van der Waals surface area contributed by atoms with Crippen LogP contribution in [-0.4, -0.2) is 48.5 Å². The van der Waals surface area contributed by atoms with Crippen LogP contribution in [0, 0.1) is 16.7 Å². The first kappa shape index (κ1) is 44.7. The lowest BCUT2D eigenvalue weighted by molar-refractivity contribution is -0.143. The summed E-state index contributed by atoms with van der Waals surface area (Å²) in [4.78, 5) is 99.5. The maximum absolute atomic E-state index is 13.3. The molecule has 0 spiro atoms. The number of carbonyl (C=O) groups excluding carboxylic acids is 5. The van der Waals surface area contributed by atoms with E-state index in [1.165, 1.54) is 0 Å². The van der Waals surface area contributed by atoms with Gasteiger partial charge in [-0.2, -0.15) is 0 Å². The molecule has 2 aromatic carbocycles. The van der Waals surface area contributed by atoms with Crippen molar-refractivity contribution in [3.63, 3.8) is 0 Å². The first-order valence-electron chi connectivity index (χ1n) is 16.9. The zero-order valence-electron chi connectivity index (χ0n) is 30.9. The first-order valence-corrected chi connectivity index (χ1v) is 20.2. The van der Waals surface area contributed by atoms with Crippen LogP contribution in [0.2, 0.25) is 0 Å². The summed E-state index contributed by atoms with van der Waals surface area (Å²) in [6.45, 7) is 14.3. The van der Waals surface area contributed by atoms with Gasteiger partial charge in [0.25, 0.3) is 0 Å². The summed E-state index contributed by atoms with van der Waals surface area (Å²) in [6.07, 6.45) is -1.10. The van der Waals surface area contributed by atoms with Crippen molar-refractivity contribution in [1.82, 2.24) is 0 Å². The highest BCUT2D eigenvalue weighted by Gasteiger charge is 2.34. The highest BCUT2D eigenvalue weighted by atomic mass is 31.2. The molecule has 1 amide bonds. The molecule has 2 atom stereocenters. The molecule has 0 aliphatic carbocycles. The molecule has 0 heterocycles. The summed E-state index contributed by atoms with van der Waals surface area (Å²) in [6, 6.07) is 12.3. The van der Waals surface area contributed by atoms with Gasteiger partial charge in [0.15, 0.2) is 5.75 Å². The van der Waals surface area contributed by atoms with Crippen molar-refractivity contribution in [2.45, 2.75) is 106 Å². The zero-order valence-corrected chi connectivity index (χ0v) is 32.7. The standard InChI is InChI=1S/C36H51NO13P2/c1-9-26(23-12-15-25(16-13-23)49-33(41)35(3,4)5)27(10-2)24-14-17-29(50-34(42)36(6,7)8)28(21-24)37-30(38)18-11-22(19-31(39)51(43,44)45)20-32(40)52(46,47)48/h12-17,21-22,26-27H,9-11,18-20H2,1-8H3,(H,37,38)(H2,43,44,45)(H2,46,47,48). The van der Waals surface area contributed by atoms with Crippen LogP contribution in [0.25, 0.3) is 0 Å². The maximum atomic E-state index is 13.3. The predicted molar refractivity (Wildman–Crippen MR) is 194 cm³/mol. The third kappa shape index (κ3) is 13.5. The molecule has 0 aromatic heterocycles. The van der Waals surface area contributed by atoms with Gasteiger partial charge in [0.2, 0.25) is 17.0 Å². The normalized spacial score (nSPS) is 13.6. The van der Waals surface area contributed by atoms with Gasteiger partial charge in [-0.05, 0) is 114 Å². The second kappa shape index (κ2) is 18.0. The van der Waals surface area contributed by atoms with Gasteiger partial charge in [-0.15, -0.1) is 0 Å². The van der Waals surface area contributed by atoms with Gasteiger partial charge >= 0.3 is 27.1 Å². The van der Waals surface area contributed by atoms with Crippen LogP contribution in [0.5, 0.6) is 11.5 Å². The highest BCUT2D eigenvalue weighted by Crippen LogP contribution is 2.44. The fourth-order valence-corrected chi connectivity index (χ4v) is 6.31. The van der Waals surface area contributed by atoms with Crippen LogP contribution in [0.4, 0.5) is 5.69 Å². The molecule has 0 bridgehead atoms. The van der Waals surface area contributed by atoms with Crippen molar-refractivity contribution in [3.8, 4) is 11.5 Å². The van der Waals surface area contributed by atoms with Crippen LogP contribution in [0.3, 0.4) is 0 Å². The molecule has 2 unspecified atom stereocenters. The Morgan fingerprint density at radius 2 is 1.13 bits per heavy atom. The Labute approximate surface area is 304 Å². The number of carbonyl (C=O) groups is 5. The van der Waals surface area contributed by atoms with Gasteiger partial charge in [0, 0.05) is 19.3 Å². The highest BCUT2D eigenvalue weighted by molar-refractivity contribution is 7.70. The molecule has 0 aliphatic rings. The van der Waals surface area contributed by atoms with Crippen LogP contribution in [-0.2, 0) is 33.1 Å². The Morgan fingerprint density at radius 3 is 1.58 bits per heavy atom. The lowest BCUT2D eigenvalue weighted by Gasteiger charge is -2.28. The van der Waals surface area contributed by atoms with Crippen molar-refractivity contribution in [3.05, 3.63) is 53.6 Å². The molecule has 0 aliphatic heterocycles. The van der Waals surface area contributed by atoms with Crippen molar-refractivity contribution in [2.24, 2.45) is 16.7 Å². The number of ether oxygens (including phenoxy) is 2. The van der Waals surface area contributed by atoms with Crippen LogP contribution >= 0.6 is 15.2 Å². The van der Waals surface area contributed by atoms with Gasteiger partial charge in [-0.1, -0.05) is 32.0 Å². The number of esters is 2. The number of amides is 1. The van der Waals surface area contributed by atoms with E-state index in [1.807, 2.05) is 26.0 Å². The Hall–Kier alpha value is -3.51. The lowest BCUT2D eigenvalue weighted by Crippen LogP contribution is -2.26. The van der Waals surface area contributed by atoms with Crippen molar-refractivity contribution in [1.29, 1.82) is 0 Å². The molecular formula is C36H51NO13P2. The predicted octanol–water partition coefficient (Wildman–Crippen LogP) is 6.80. The molecule has 5 N–H and O–H groups in total. The molecular weight excluding hydrogens is 716 g/mol. The fraction of sp³-hybridized carbons (Fsp3) is 0.528. The first-order chi connectivity index (χ1) is 23.8. The SMILES string of the molecule is CCC(c1ccc(OC(=O)C(C)(C)C)cc1)C(CC)c1ccc(OC(=O)C(C)(C)C)c(NC(=O)CCC(CC(=O)P(=O)(O)O)CC(=O)P(=O)(O)O)c1. The van der Waals surface area contributed by atoms with E-state index in [9.17, 15) is 52.7 Å². The van der Waals surface area contributed by atoms with Gasteiger partial charge in [-0.3, -0.25) is 33.1 Å². The van der Waals surface area contributed by atoms with Crippen molar-refractivity contribution < 1.29 is 62.2 Å². The third-order valence-electron chi connectivity index (χ3n) is 8.37. The largest absolute Gasteiger partial charge is 0.426 e. The van der Waals surface area contributed by atoms with Gasteiger partial charge in [-0.25, -0.2) is 0 Å². The number of nitrogens with one attached hydrogen (secondary N) is 1. The van der Waals surface area contributed by atoms with E-state index >= 15 is 0 Å². The Bertz CT molecular complexity index is 1680. The molecule has 52 heavy (non-hydrogen) atoms. The van der Waals surface area contributed by atoms with Crippen LogP contribution < -0.4 is 14.8 Å². The van der Waals surface area contributed by atoms with Gasteiger partial charge in [0.05, 0.1) is 16.5 Å². The Balaban J connectivity index is 2.44. The summed E-state index contributed by atoms with van der Waals surface area (Å²) < 4.78 is 34.1. The quantitative estimate of drug-likeness (QED) is 0.0634. The second-order valence-corrected chi connectivity index (χ2v) is 18.0. The molecule has 0 saturated carbocycles. The van der Waals surface area contributed by atoms with Crippen LogP contribution in [0.15, 0.2) is 42.5 Å². The summed E-state index contributed by atoms with van der Waals surface area (Å²) >= 11 is 0. The smallest absolute Gasteiger partial charge is 0.391 e. The number of hydrogen-bond donors (Lipinski definition) is 5. The lowest BCUT2D eigenvalue weighted by atomic mass is 9.78. The number of hydrogen-bond acceptors (Lipinski definition) is 9. The Morgan fingerprint density at radius 1 is 0.692 bits per heavy atom. The van der Waals surface area contributed by atoms with E-state index in [2.05, 4.69) is 5.32 Å². The molecule has 288 valence electrons. The number of rotatable bonds is 17. The molecule has 0 saturated heterocycles. The van der Waals surface area contributed by atoms with Crippen LogP contribution in [0.1, 0.15) is 117 Å². The van der Waals surface area contributed by atoms with E-state index in [0.717, 1.165) is 17.5 Å². The van der Waals surface area contributed by atoms with Crippen molar-refractivity contribution >= 4 is 49.8 Å². The molecule has 2 rings (SSSR count). The molecule has 2 aromatic rings. The second-order valence-electron chi connectivity index (χ2n) is 14.9. The molecule has 16 heteroatoms.